The standard InChI is InChI=1S/C25H30ClN5O3/c1-33-19-3-5-22-23(15-19)29-24(28-22)20-14-18(2-4-21(20)26)31-8-6-17(16-31)25(32)27-7-9-30-10-12-34-13-11-30/h2-5,14-15,17H,6-13,16H2,1H3,(H,27,32)(H,28,29). The Morgan fingerprint density at radius 1 is 1.24 bits per heavy atom. The van der Waals surface area contributed by atoms with Crippen molar-refractivity contribution in [2.24, 2.45) is 5.92 Å². The second kappa shape index (κ2) is 10.2. The van der Waals surface area contributed by atoms with Crippen LogP contribution in [0.2, 0.25) is 5.02 Å². The number of hydrogen-bond acceptors (Lipinski definition) is 6. The molecule has 2 N–H and O–H groups in total. The van der Waals surface area contributed by atoms with Gasteiger partial charge in [0.1, 0.15) is 11.6 Å². The van der Waals surface area contributed by atoms with Gasteiger partial charge in [-0.2, -0.15) is 0 Å². The number of benzene rings is 2. The summed E-state index contributed by atoms with van der Waals surface area (Å²) in [7, 11) is 1.65. The molecule has 0 saturated carbocycles. The number of ether oxygens (including phenoxy) is 2. The third-order valence-electron chi connectivity index (χ3n) is 6.65. The number of anilines is 1. The van der Waals surface area contributed by atoms with Crippen LogP contribution in [0, 0.1) is 5.92 Å². The van der Waals surface area contributed by atoms with Crippen LogP contribution in [-0.4, -0.2) is 80.4 Å². The maximum absolute atomic E-state index is 12.7. The van der Waals surface area contributed by atoms with Gasteiger partial charge in [-0.1, -0.05) is 11.6 Å². The summed E-state index contributed by atoms with van der Waals surface area (Å²) in [6, 6.07) is 11.7. The molecule has 2 aliphatic rings. The molecular weight excluding hydrogens is 454 g/mol. The van der Waals surface area contributed by atoms with E-state index in [0.717, 1.165) is 73.8 Å². The van der Waals surface area contributed by atoms with Crippen LogP contribution in [0.15, 0.2) is 36.4 Å². The molecule has 0 aliphatic carbocycles. The second-order valence-corrected chi connectivity index (χ2v) is 9.22. The summed E-state index contributed by atoms with van der Waals surface area (Å²) in [5.74, 6) is 1.61. The molecule has 3 heterocycles. The summed E-state index contributed by atoms with van der Waals surface area (Å²) < 4.78 is 10.7. The summed E-state index contributed by atoms with van der Waals surface area (Å²) in [6.45, 7) is 6.50. The van der Waals surface area contributed by atoms with Gasteiger partial charge in [-0.3, -0.25) is 9.69 Å². The van der Waals surface area contributed by atoms with Gasteiger partial charge in [0, 0.05) is 56.6 Å². The Bertz CT molecular complexity index is 1160. The molecule has 1 atom stereocenters. The molecule has 2 aliphatic heterocycles. The summed E-state index contributed by atoms with van der Waals surface area (Å²) in [5.41, 5.74) is 3.63. The minimum absolute atomic E-state index is 0.0116. The Morgan fingerprint density at radius 2 is 2.09 bits per heavy atom. The smallest absolute Gasteiger partial charge is 0.225 e. The Labute approximate surface area is 204 Å². The first-order chi connectivity index (χ1) is 16.6. The average Bonchev–Trinajstić information content (AvgIpc) is 3.52. The normalized spacial score (nSPS) is 19.0. The number of aromatic amines is 1. The van der Waals surface area contributed by atoms with E-state index in [-0.39, 0.29) is 11.8 Å². The molecule has 3 aromatic rings. The highest BCUT2D eigenvalue weighted by Crippen LogP contribution is 2.34. The van der Waals surface area contributed by atoms with Crippen LogP contribution in [-0.2, 0) is 9.53 Å². The van der Waals surface area contributed by atoms with Gasteiger partial charge in [0.15, 0.2) is 0 Å². The first-order valence-electron chi connectivity index (χ1n) is 11.8. The fourth-order valence-electron chi connectivity index (χ4n) is 4.65. The molecule has 0 spiro atoms. The van der Waals surface area contributed by atoms with Gasteiger partial charge in [0.05, 0.1) is 42.3 Å². The van der Waals surface area contributed by atoms with Crippen molar-refractivity contribution in [3.05, 3.63) is 41.4 Å². The highest BCUT2D eigenvalue weighted by molar-refractivity contribution is 6.33. The van der Waals surface area contributed by atoms with Crippen LogP contribution in [0.1, 0.15) is 6.42 Å². The van der Waals surface area contributed by atoms with Crippen molar-refractivity contribution in [1.29, 1.82) is 0 Å². The zero-order valence-corrected chi connectivity index (χ0v) is 20.1. The number of nitrogens with one attached hydrogen (secondary N) is 2. The number of methoxy groups -OCH3 is 1. The molecule has 2 fully saturated rings. The summed E-state index contributed by atoms with van der Waals surface area (Å²) >= 11 is 6.54. The lowest BCUT2D eigenvalue weighted by Gasteiger charge is -2.26. The first kappa shape index (κ1) is 23.0. The van der Waals surface area contributed by atoms with Crippen LogP contribution >= 0.6 is 11.6 Å². The van der Waals surface area contributed by atoms with Crippen LogP contribution in [0.25, 0.3) is 22.4 Å². The largest absolute Gasteiger partial charge is 0.497 e. The Morgan fingerprint density at radius 3 is 2.91 bits per heavy atom. The summed E-state index contributed by atoms with van der Waals surface area (Å²) in [5, 5.41) is 3.75. The lowest BCUT2D eigenvalue weighted by Crippen LogP contribution is -2.42. The number of morpholine rings is 1. The van der Waals surface area contributed by atoms with Crippen molar-refractivity contribution in [1.82, 2.24) is 20.2 Å². The van der Waals surface area contributed by atoms with Crippen molar-refractivity contribution in [3.63, 3.8) is 0 Å². The molecular formula is C25H30ClN5O3. The highest BCUT2D eigenvalue weighted by Gasteiger charge is 2.29. The molecule has 1 amide bonds. The zero-order valence-electron chi connectivity index (χ0n) is 19.3. The van der Waals surface area contributed by atoms with Gasteiger partial charge in [-0.15, -0.1) is 0 Å². The van der Waals surface area contributed by atoms with Crippen LogP contribution < -0.4 is 15.0 Å². The zero-order chi connectivity index (χ0) is 23.5. The monoisotopic (exact) mass is 483 g/mol. The second-order valence-electron chi connectivity index (χ2n) is 8.81. The lowest BCUT2D eigenvalue weighted by molar-refractivity contribution is -0.124. The predicted molar refractivity (Wildman–Crippen MR) is 134 cm³/mol. The number of fused-ring (bicyclic) bond motifs is 1. The number of rotatable bonds is 7. The molecule has 2 aromatic carbocycles. The molecule has 180 valence electrons. The first-order valence-corrected chi connectivity index (χ1v) is 12.1. The number of carbonyl (C=O) groups is 1. The van der Waals surface area contributed by atoms with E-state index in [2.05, 4.69) is 26.2 Å². The molecule has 0 bridgehead atoms. The highest BCUT2D eigenvalue weighted by atomic mass is 35.5. The maximum Gasteiger partial charge on any atom is 0.225 e. The van der Waals surface area contributed by atoms with Gasteiger partial charge in [-0.05, 0) is 36.8 Å². The van der Waals surface area contributed by atoms with E-state index in [1.807, 2.05) is 30.3 Å². The van der Waals surface area contributed by atoms with Gasteiger partial charge in [-0.25, -0.2) is 4.98 Å². The lowest BCUT2D eigenvalue weighted by atomic mass is 10.1. The van der Waals surface area contributed by atoms with E-state index in [4.69, 9.17) is 26.1 Å². The Kier molecular flexibility index (Phi) is 6.89. The van der Waals surface area contributed by atoms with Crippen molar-refractivity contribution >= 4 is 34.2 Å². The van der Waals surface area contributed by atoms with E-state index in [0.29, 0.717) is 23.9 Å². The maximum atomic E-state index is 12.7. The summed E-state index contributed by atoms with van der Waals surface area (Å²) in [4.78, 5) is 25.4. The molecule has 2 saturated heterocycles. The molecule has 8 nitrogen and oxygen atoms in total. The third kappa shape index (κ3) is 4.99. The quantitative estimate of drug-likeness (QED) is 0.537. The number of H-pyrrole nitrogens is 1. The minimum Gasteiger partial charge on any atom is -0.497 e. The number of amides is 1. The molecule has 1 aromatic heterocycles. The van der Waals surface area contributed by atoms with Crippen LogP contribution in [0.5, 0.6) is 5.75 Å². The van der Waals surface area contributed by atoms with Gasteiger partial charge in [0.2, 0.25) is 5.91 Å². The molecule has 0 radical (unpaired) electrons. The SMILES string of the molecule is COc1ccc2nc(-c3cc(N4CCC(C(=O)NCCN5CCOCC5)C4)ccc3Cl)[nH]c2c1. The topological polar surface area (TPSA) is 82.7 Å². The van der Waals surface area contributed by atoms with E-state index in [1.54, 1.807) is 7.11 Å². The van der Waals surface area contributed by atoms with Crippen LogP contribution in [0.3, 0.4) is 0 Å². The summed E-state index contributed by atoms with van der Waals surface area (Å²) in [6.07, 6.45) is 0.839. The fourth-order valence-corrected chi connectivity index (χ4v) is 4.86. The van der Waals surface area contributed by atoms with Gasteiger partial charge in [0.25, 0.3) is 0 Å². The number of aromatic nitrogens is 2. The fraction of sp³-hybridized carbons (Fsp3) is 0.440. The molecule has 1 unspecified atom stereocenters. The third-order valence-corrected chi connectivity index (χ3v) is 6.98. The predicted octanol–water partition coefficient (Wildman–Crippen LogP) is 3.17. The van der Waals surface area contributed by atoms with Crippen molar-refractivity contribution in [2.45, 2.75) is 6.42 Å². The van der Waals surface area contributed by atoms with E-state index >= 15 is 0 Å². The van der Waals surface area contributed by atoms with Gasteiger partial charge >= 0.3 is 0 Å². The molecule has 34 heavy (non-hydrogen) atoms. The van der Waals surface area contributed by atoms with E-state index in [1.165, 1.54) is 0 Å². The van der Waals surface area contributed by atoms with E-state index < -0.39 is 0 Å². The van der Waals surface area contributed by atoms with Crippen LogP contribution in [0.4, 0.5) is 5.69 Å². The minimum atomic E-state index is -0.0116. The Hall–Kier alpha value is -2.81. The molecule has 5 rings (SSSR count). The number of carbonyl (C=O) groups excluding carboxylic acids is 1. The molecule has 9 heteroatoms. The van der Waals surface area contributed by atoms with Crippen molar-refractivity contribution in [2.75, 3.05) is 64.5 Å². The van der Waals surface area contributed by atoms with Crippen molar-refractivity contribution in [3.8, 4) is 17.1 Å². The van der Waals surface area contributed by atoms with Crippen molar-refractivity contribution < 1.29 is 14.3 Å². The average molecular weight is 484 g/mol. The number of nitrogens with zero attached hydrogens (tertiary/aromatic N) is 3. The van der Waals surface area contributed by atoms with Gasteiger partial charge < -0.3 is 24.7 Å². The van der Waals surface area contributed by atoms with E-state index in [9.17, 15) is 4.79 Å². The number of imidazole rings is 1. The Balaban J connectivity index is 1.23. The number of halogens is 1. The number of hydrogen-bond donors (Lipinski definition) is 2.